The van der Waals surface area contributed by atoms with E-state index in [0.29, 0.717) is 6.04 Å². The standard InChI is InChI=1S/C13H21N3O/c1-9-7-10(5-6-15-9)13(17)16-12-4-2-3-11(12)8-14/h9-12,15H,2-7H2,1H3,(H,16,17). The Morgan fingerprint density at radius 3 is 2.94 bits per heavy atom. The van der Waals surface area contributed by atoms with Gasteiger partial charge in [0.05, 0.1) is 12.0 Å². The van der Waals surface area contributed by atoms with Crippen LogP contribution in [0.4, 0.5) is 0 Å². The minimum atomic E-state index is 0.0260. The fourth-order valence-electron chi connectivity index (χ4n) is 2.96. The lowest BCUT2D eigenvalue weighted by Gasteiger charge is -2.28. The maximum absolute atomic E-state index is 12.1. The molecule has 2 N–H and O–H groups in total. The normalized spacial score (nSPS) is 37.4. The van der Waals surface area contributed by atoms with E-state index in [-0.39, 0.29) is 23.8 Å². The number of hydrogen-bond acceptors (Lipinski definition) is 3. The molecule has 1 saturated heterocycles. The van der Waals surface area contributed by atoms with Crippen LogP contribution in [0.25, 0.3) is 0 Å². The third-order valence-corrected chi connectivity index (χ3v) is 4.00. The first kappa shape index (κ1) is 12.4. The maximum Gasteiger partial charge on any atom is 0.223 e. The second kappa shape index (κ2) is 5.50. The molecule has 17 heavy (non-hydrogen) atoms. The first-order chi connectivity index (χ1) is 8.20. The van der Waals surface area contributed by atoms with Gasteiger partial charge in [0.2, 0.25) is 5.91 Å². The highest BCUT2D eigenvalue weighted by molar-refractivity contribution is 5.79. The Morgan fingerprint density at radius 2 is 2.24 bits per heavy atom. The Bertz CT molecular complexity index is 323. The van der Waals surface area contributed by atoms with Crippen molar-refractivity contribution < 1.29 is 4.79 Å². The molecule has 1 amide bonds. The summed E-state index contributed by atoms with van der Waals surface area (Å²) in [5.74, 6) is 0.315. The lowest BCUT2D eigenvalue weighted by Crippen LogP contribution is -2.46. The molecule has 1 aliphatic carbocycles. The molecule has 1 heterocycles. The zero-order valence-corrected chi connectivity index (χ0v) is 10.4. The quantitative estimate of drug-likeness (QED) is 0.755. The highest BCUT2D eigenvalue weighted by Crippen LogP contribution is 2.26. The molecule has 0 aromatic carbocycles. The van der Waals surface area contributed by atoms with Crippen LogP contribution < -0.4 is 10.6 Å². The molecule has 4 heteroatoms. The van der Waals surface area contributed by atoms with Crippen molar-refractivity contribution in [2.24, 2.45) is 11.8 Å². The van der Waals surface area contributed by atoms with E-state index in [2.05, 4.69) is 23.6 Å². The van der Waals surface area contributed by atoms with Crippen LogP contribution in [-0.2, 0) is 4.79 Å². The lowest BCUT2D eigenvalue weighted by atomic mass is 9.92. The topological polar surface area (TPSA) is 64.9 Å². The van der Waals surface area contributed by atoms with Crippen LogP contribution >= 0.6 is 0 Å². The highest BCUT2D eigenvalue weighted by atomic mass is 16.1. The first-order valence-electron chi connectivity index (χ1n) is 6.64. The van der Waals surface area contributed by atoms with Gasteiger partial charge in [-0.3, -0.25) is 4.79 Å². The van der Waals surface area contributed by atoms with Crippen molar-refractivity contribution in [1.29, 1.82) is 5.26 Å². The Morgan fingerprint density at radius 1 is 1.41 bits per heavy atom. The molecule has 4 unspecified atom stereocenters. The fourth-order valence-corrected chi connectivity index (χ4v) is 2.96. The van der Waals surface area contributed by atoms with E-state index >= 15 is 0 Å². The van der Waals surface area contributed by atoms with E-state index < -0.39 is 0 Å². The summed E-state index contributed by atoms with van der Waals surface area (Å²) in [4.78, 5) is 12.1. The Hall–Kier alpha value is -1.08. The van der Waals surface area contributed by atoms with Crippen molar-refractivity contribution in [1.82, 2.24) is 10.6 Å². The van der Waals surface area contributed by atoms with Crippen molar-refractivity contribution in [3.8, 4) is 6.07 Å². The number of amides is 1. The van der Waals surface area contributed by atoms with Crippen LogP contribution in [0.2, 0.25) is 0 Å². The number of nitrogens with zero attached hydrogens (tertiary/aromatic N) is 1. The molecular weight excluding hydrogens is 214 g/mol. The first-order valence-corrected chi connectivity index (χ1v) is 6.64. The molecule has 94 valence electrons. The van der Waals surface area contributed by atoms with Crippen LogP contribution in [0.1, 0.15) is 39.0 Å². The van der Waals surface area contributed by atoms with Gasteiger partial charge in [-0.05, 0) is 45.6 Å². The smallest absolute Gasteiger partial charge is 0.223 e. The second-order valence-electron chi connectivity index (χ2n) is 5.36. The molecule has 4 nitrogen and oxygen atoms in total. The van der Waals surface area contributed by atoms with Gasteiger partial charge in [0.25, 0.3) is 0 Å². The van der Waals surface area contributed by atoms with Gasteiger partial charge in [-0.15, -0.1) is 0 Å². The summed E-state index contributed by atoms with van der Waals surface area (Å²) in [6.45, 7) is 3.04. The van der Waals surface area contributed by atoms with E-state index in [1.54, 1.807) is 0 Å². The van der Waals surface area contributed by atoms with Crippen molar-refractivity contribution in [3.05, 3.63) is 0 Å². The number of piperidine rings is 1. The Kier molecular flexibility index (Phi) is 4.01. The molecule has 0 bridgehead atoms. The number of carbonyl (C=O) groups excluding carboxylic acids is 1. The summed E-state index contributed by atoms with van der Waals surface area (Å²) >= 11 is 0. The molecule has 0 radical (unpaired) electrons. The van der Waals surface area contributed by atoms with Crippen molar-refractivity contribution in [2.75, 3.05) is 6.54 Å². The van der Waals surface area contributed by atoms with Crippen molar-refractivity contribution in [3.63, 3.8) is 0 Å². The summed E-state index contributed by atoms with van der Waals surface area (Å²) < 4.78 is 0. The second-order valence-corrected chi connectivity index (χ2v) is 5.36. The largest absolute Gasteiger partial charge is 0.352 e. The summed E-state index contributed by atoms with van der Waals surface area (Å²) in [7, 11) is 0. The van der Waals surface area contributed by atoms with Crippen molar-refractivity contribution in [2.45, 2.75) is 51.1 Å². The van der Waals surface area contributed by atoms with Crippen LogP contribution in [0.3, 0.4) is 0 Å². The molecule has 1 aliphatic heterocycles. The van der Waals surface area contributed by atoms with Crippen LogP contribution in [0, 0.1) is 23.2 Å². The molecule has 0 aromatic rings. The number of carbonyl (C=O) groups is 1. The minimum absolute atomic E-state index is 0.0260. The van der Waals surface area contributed by atoms with Gasteiger partial charge in [-0.2, -0.15) is 5.26 Å². The number of rotatable bonds is 2. The van der Waals surface area contributed by atoms with Crippen LogP contribution in [0.5, 0.6) is 0 Å². The average Bonchev–Trinajstić information content (AvgIpc) is 2.76. The summed E-state index contributed by atoms with van der Waals surface area (Å²) in [6.07, 6.45) is 4.79. The lowest BCUT2D eigenvalue weighted by molar-refractivity contribution is -0.126. The predicted octanol–water partition coefficient (Wildman–Crippen LogP) is 1.18. The molecular formula is C13H21N3O. The molecule has 2 aliphatic rings. The zero-order chi connectivity index (χ0) is 12.3. The molecule has 2 fully saturated rings. The van der Waals surface area contributed by atoms with E-state index in [0.717, 1.165) is 38.6 Å². The average molecular weight is 235 g/mol. The third-order valence-electron chi connectivity index (χ3n) is 4.00. The molecule has 2 rings (SSSR count). The summed E-state index contributed by atoms with van der Waals surface area (Å²) in [6, 6.07) is 2.82. The third kappa shape index (κ3) is 2.98. The van der Waals surface area contributed by atoms with Gasteiger partial charge >= 0.3 is 0 Å². The molecule has 1 saturated carbocycles. The van der Waals surface area contributed by atoms with E-state index in [4.69, 9.17) is 5.26 Å². The minimum Gasteiger partial charge on any atom is -0.352 e. The van der Waals surface area contributed by atoms with E-state index in [9.17, 15) is 4.79 Å². The van der Waals surface area contributed by atoms with Gasteiger partial charge in [0, 0.05) is 18.0 Å². The van der Waals surface area contributed by atoms with Crippen molar-refractivity contribution >= 4 is 5.91 Å². The molecule has 0 aromatic heterocycles. The summed E-state index contributed by atoms with van der Waals surface area (Å²) in [5.41, 5.74) is 0. The number of hydrogen-bond donors (Lipinski definition) is 2. The van der Waals surface area contributed by atoms with Gasteiger partial charge < -0.3 is 10.6 Å². The van der Waals surface area contributed by atoms with Crippen LogP contribution in [0.15, 0.2) is 0 Å². The Labute approximate surface area is 103 Å². The van der Waals surface area contributed by atoms with E-state index in [1.807, 2.05) is 0 Å². The van der Waals surface area contributed by atoms with Gasteiger partial charge in [-0.25, -0.2) is 0 Å². The Balaban J connectivity index is 1.86. The molecule has 0 spiro atoms. The highest BCUT2D eigenvalue weighted by Gasteiger charge is 2.31. The maximum atomic E-state index is 12.1. The van der Waals surface area contributed by atoms with Crippen LogP contribution in [-0.4, -0.2) is 24.5 Å². The molecule has 4 atom stereocenters. The summed E-state index contributed by atoms with van der Waals surface area (Å²) in [5, 5.41) is 15.4. The van der Waals surface area contributed by atoms with Gasteiger partial charge in [0.15, 0.2) is 0 Å². The predicted molar refractivity (Wildman–Crippen MR) is 65.1 cm³/mol. The zero-order valence-electron chi connectivity index (χ0n) is 10.4. The SMILES string of the molecule is CC1CC(C(=O)NC2CCCC2C#N)CCN1. The van der Waals surface area contributed by atoms with Gasteiger partial charge in [0.1, 0.15) is 0 Å². The number of nitrogens with one attached hydrogen (secondary N) is 2. The fraction of sp³-hybridized carbons (Fsp3) is 0.846. The monoisotopic (exact) mass is 235 g/mol. The number of nitriles is 1. The van der Waals surface area contributed by atoms with Gasteiger partial charge in [-0.1, -0.05) is 0 Å². The van der Waals surface area contributed by atoms with E-state index in [1.165, 1.54) is 0 Å².